The summed E-state index contributed by atoms with van der Waals surface area (Å²) in [6.07, 6.45) is 10.2. The van der Waals surface area contributed by atoms with Crippen LogP contribution in [0.5, 0.6) is 11.5 Å². The molecule has 0 saturated heterocycles. The van der Waals surface area contributed by atoms with Gasteiger partial charge in [0.1, 0.15) is 11.5 Å². The van der Waals surface area contributed by atoms with Crippen molar-refractivity contribution in [2.24, 2.45) is 0 Å². The van der Waals surface area contributed by atoms with Gasteiger partial charge in [-0.2, -0.15) is 0 Å². The summed E-state index contributed by atoms with van der Waals surface area (Å²) in [4.78, 5) is 0. The Balaban J connectivity index is 1.94. The van der Waals surface area contributed by atoms with Gasteiger partial charge in [0.15, 0.2) is 0 Å². The molecular weight excluding hydrogens is 368 g/mol. The van der Waals surface area contributed by atoms with Gasteiger partial charge < -0.3 is 9.47 Å². The Morgan fingerprint density at radius 3 is 2.39 bits per heavy atom. The molecule has 0 fully saturated rings. The highest BCUT2D eigenvalue weighted by Gasteiger charge is 2.09. The molecule has 0 aromatic heterocycles. The SMILES string of the molecule is CCCCCCOc1ccc2c(CC)c(OCCCCC(Cl)CC)ccc2c1. The molecule has 2 aromatic carbocycles. The van der Waals surface area contributed by atoms with E-state index in [2.05, 4.69) is 51.1 Å². The van der Waals surface area contributed by atoms with Crippen LogP contribution in [-0.4, -0.2) is 18.6 Å². The third-order valence-corrected chi connectivity index (χ3v) is 5.82. The summed E-state index contributed by atoms with van der Waals surface area (Å²) in [6.45, 7) is 8.12. The summed E-state index contributed by atoms with van der Waals surface area (Å²) in [5, 5.41) is 2.79. The second kappa shape index (κ2) is 12.9. The van der Waals surface area contributed by atoms with Crippen LogP contribution in [0.2, 0.25) is 0 Å². The van der Waals surface area contributed by atoms with Crippen LogP contribution in [0.4, 0.5) is 0 Å². The fourth-order valence-electron chi connectivity index (χ4n) is 3.52. The van der Waals surface area contributed by atoms with E-state index in [1.54, 1.807) is 0 Å². The minimum absolute atomic E-state index is 0.301. The number of halogens is 1. The number of hydrogen-bond donors (Lipinski definition) is 0. The molecule has 0 aliphatic rings. The number of alkyl halides is 1. The highest BCUT2D eigenvalue weighted by molar-refractivity contribution is 6.20. The minimum Gasteiger partial charge on any atom is -0.494 e. The second-order valence-electron chi connectivity index (χ2n) is 7.54. The van der Waals surface area contributed by atoms with Gasteiger partial charge in [0, 0.05) is 10.9 Å². The Labute approximate surface area is 176 Å². The van der Waals surface area contributed by atoms with E-state index in [9.17, 15) is 0 Å². The van der Waals surface area contributed by atoms with E-state index in [0.29, 0.717) is 5.38 Å². The smallest absolute Gasteiger partial charge is 0.123 e. The first-order chi connectivity index (χ1) is 13.7. The predicted molar refractivity (Wildman–Crippen MR) is 122 cm³/mol. The maximum atomic E-state index is 6.19. The molecule has 0 aliphatic carbocycles. The van der Waals surface area contributed by atoms with Crippen LogP contribution in [0.25, 0.3) is 10.8 Å². The van der Waals surface area contributed by atoms with Gasteiger partial charge in [-0.15, -0.1) is 11.6 Å². The lowest BCUT2D eigenvalue weighted by Crippen LogP contribution is -2.03. The lowest BCUT2D eigenvalue weighted by Gasteiger charge is -2.14. The fraction of sp³-hybridized carbons (Fsp3) is 0.600. The van der Waals surface area contributed by atoms with Gasteiger partial charge in [-0.05, 0) is 67.5 Å². The average molecular weight is 405 g/mol. The van der Waals surface area contributed by atoms with E-state index in [4.69, 9.17) is 21.1 Å². The lowest BCUT2D eigenvalue weighted by molar-refractivity contribution is 0.302. The van der Waals surface area contributed by atoms with Crippen molar-refractivity contribution < 1.29 is 9.47 Å². The van der Waals surface area contributed by atoms with E-state index in [1.807, 2.05) is 0 Å². The number of fused-ring (bicyclic) bond motifs is 1. The normalized spacial score (nSPS) is 12.3. The van der Waals surface area contributed by atoms with Crippen molar-refractivity contribution >= 4 is 22.4 Å². The van der Waals surface area contributed by atoms with Gasteiger partial charge >= 0.3 is 0 Å². The van der Waals surface area contributed by atoms with E-state index in [0.717, 1.165) is 63.2 Å². The highest BCUT2D eigenvalue weighted by atomic mass is 35.5. The molecular formula is C25H37ClO2. The summed E-state index contributed by atoms with van der Waals surface area (Å²) in [5.74, 6) is 1.98. The number of ether oxygens (including phenoxy) is 2. The van der Waals surface area contributed by atoms with Gasteiger partial charge in [0.25, 0.3) is 0 Å². The molecule has 0 amide bonds. The Bertz CT molecular complexity index is 698. The molecule has 2 nitrogen and oxygen atoms in total. The van der Waals surface area contributed by atoms with Crippen molar-refractivity contribution in [3.05, 3.63) is 35.9 Å². The van der Waals surface area contributed by atoms with Crippen molar-refractivity contribution in [1.29, 1.82) is 0 Å². The Morgan fingerprint density at radius 1 is 0.857 bits per heavy atom. The molecule has 0 spiro atoms. The molecule has 0 aliphatic heterocycles. The molecule has 2 aromatic rings. The molecule has 1 atom stereocenters. The zero-order chi connectivity index (χ0) is 20.2. The summed E-state index contributed by atoms with van der Waals surface area (Å²) >= 11 is 6.19. The van der Waals surface area contributed by atoms with Crippen molar-refractivity contribution in [3.63, 3.8) is 0 Å². The third kappa shape index (κ3) is 7.20. The zero-order valence-corrected chi connectivity index (χ0v) is 18.7. The number of benzene rings is 2. The number of hydrogen-bond acceptors (Lipinski definition) is 2. The molecule has 156 valence electrons. The highest BCUT2D eigenvalue weighted by Crippen LogP contribution is 2.31. The monoisotopic (exact) mass is 404 g/mol. The topological polar surface area (TPSA) is 18.5 Å². The Morgan fingerprint density at radius 2 is 1.64 bits per heavy atom. The fourth-order valence-corrected chi connectivity index (χ4v) is 3.67. The summed E-state index contributed by atoms with van der Waals surface area (Å²) in [5.41, 5.74) is 1.29. The van der Waals surface area contributed by atoms with Crippen LogP contribution < -0.4 is 9.47 Å². The summed E-state index contributed by atoms with van der Waals surface area (Å²) in [7, 11) is 0. The number of rotatable bonds is 14. The lowest BCUT2D eigenvalue weighted by atomic mass is 10.0. The first-order valence-corrected chi connectivity index (χ1v) is 11.6. The number of unbranched alkanes of at least 4 members (excludes halogenated alkanes) is 4. The van der Waals surface area contributed by atoms with Gasteiger partial charge in [0.05, 0.1) is 13.2 Å². The summed E-state index contributed by atoms with van der Waals surface area (Å²) < 4.78 is 12.1. The van der Waals surface area contributed by atoms with Gasteiger partial charge in [-0.25, -0.2) is 0 Å². The standard InChI is InChI=1S/C25H37ClO2/c1-4-7-8-10-17-27-22-14-15-24-20(19-22)13-16-25(23(24)6-3)28-18-11-9-12-21(26)5-2/h13-16,19,21H,4-12,17-18H2,1-3H3. The van der Waals surface area contributed by atoms with Crippen LogP contribution in [0.15, 0.2) is 30.3 Å². The molecule has 0 N–H and O–H groups in total. The van der Waals surface area contributed by atoms with Crippen LogP contribution >= 0.6 is 11.6 Å². The van der Waals surface area contributed by atoms with Crippen molar-refractivity contribution in [3.8, 4) is 11.5 Å². The van der Waals surface area contributed by atoms with E-state index in [1.165, 1.54) is 35.6 Å². The molecule has 2 rings (SSSR count). The molecule has 0 bridgehead atoms. The quantitative estimate of drug-likeness (QED) is 0.235. The van der Waals surface area contributed by atoms with Crippen molar-refractivity contribution in [1.82, 2.24) is 0 Å². The van der Waals surface area contributed by atoms with Crippen LogP contribution in [0.1, 0.15) is 77.7 Å². The first-order valence-electron chi connectivity index (χ1n) is 11.1. The Kier molecular flexibility index (Phi) is 10.6. The van der Waals surface area contributed by atoms with E-state index in [-0.39, 0.29) is 0 Å². The van der Waals surface area contributed by atoms with E-state index >= 15 is 0 Å². The second-order valence-corrected chi connectivity index (χ2v) is 8.15. The third-order valence-electron chi connectivity index (χ3n) is 5.29. The van der Waals surface area contributed by atoms with Gasteiger partial charge in [0.2, 0.25) is 0 Å². The Hall–Kier alpha value is -1.41. The zero-order valence-electron chi connectivity index (χ0n) is 17.9. The maximum Gasteiger partial charge on any atom is 0.123 e. The van der Waals surface area contributed by atoms with Crippen LogP contribution in [0.3, 0.4) is 0 Å². The van der Waals surface area contributed by atoms with Gasteiger partial charge in [-0.1, -0.05) is 52.2 Å². The molecule has 1 unspecified atom stereocenters. The molecule has 0 heterocycles. The van der Waals surface area contributed by atoms with E-state index < -0.39 is 0 Å². The summed E-state index contributed by atoms with van der Waals surface area (Å²) in [6, 6.07) is 10.7. The van der Waals surface area contributed by atoms with Gasteiger partial charge in [-0.3, -0.25) is 0 Å². The largest absolute Gasteiger partial charge is 0.494 e. The van der Waals surface area contributed by atoms with Crippen molar-refractivity contribution in [2.75, 3.05) is 13.2 Å². The van der Waals surface area contributed by atoms with Crippen molar-refractivity contribution in [2.45, 2.75) is 83.9 Å². The predicted octanol–water partition coefficient (Wildman–Crippen LogP) is 7.93. The van der Waals surface area contributed by atoms with Crippen LogP contribution in [0, 0.1) is 0 Å². The maximum absolute atomic E-state index is 6.19. The number of aryl methyl sites for hydroxylation is 1. The molecule has 3 heteroatoms. The molecule has 28 heavy (non-hydrogen) atoms. The van der Waals surface area contributed by atoms with Crippen LogP contribution in [-0.2, 0) is 6.42 Å². The first kappa shape index (κ1) is 22.9. The molecule has 0 saturated carbocycles. The average Bonchev–Trinajstić information content (AvgIpc) is 2.72. The minimum atomic E-state index is 0.301. The molecule has 0 radical (unpaired) electrons.